The highest BCUT2D eigenvalue weighted by molar-refractivity contribution is 5.98. The lowest BCUT2D eigenvalue weighted by molar-refractivity contribution is -0.124. The molecule has 0 radical (unpaired) electrons. The predicted molar refractivity (Wildman–Crippen MR) is 55.9 cm³/mol. The van der Waals surface area contributed by atoms with Gasteiger partial charge in [0.15, 0.2) is 5.78 Å². The molecule has 0 saturated heterocycles. The number of hydrogen-bond donors (Lipinski definition) is 2. The zero-order valence-corrected chi connectivity index (χ0v) is 8.65. The fraction of sp³-hybridized carbons (Fsp3) is 0.300. The molecule has 1 aromatic rings. The number of carbonyl (C=O) groups excluding carboxylic acids is 2. The van der Waals surface area contributed by atoms with Crippen LogP contribution in [0.4, 0.5) is 0 Å². The molecule has 0 spiro atoms. The van der Waals surface area contributed by atoms with Gasteiger partial charge in [-0.3, -0.25) is 14.7 Å². The lowest BCUT2D eigenvalue weighted by atomic mass is 10.2. The number of rotatable bonds is 4. The number of hydrogen-bond acceptors (Lipinski definition) is 3. The average Bonchev–Trinajstić information content (AvgIpc) is 2.65. The van der Waals surface area contributed by atoms with Gasteiger partial charge in [0.1, 0.15) is 0 Å². The van der Waals surface area contributed by atoms with E-state index in [0.29, 0.717) is 0 Å². The second kappa shape index (κ2) is 5.09. The first kappa shape index (κ1) is 11.2. The summed E-state index contributed by atoms with van der Waals surface area (Å²) in [4.78, 5) is 22.1. The lowest BCUT2D eigenvalue weighted by Gasteiger charge is -2.07. The molecule has 0 saturated carbocycles. The molecular formula is C10H13N3O2. The maximum atomic E-state index is 11.4. The lowest BCUT2D eigenvalue weighted by Crippen LogP contribution is -2.36. The summed E-state index contributed by atoms with van der Waals surface area (Å²) < 4.78 is 0. The Morgan fingerprint density at radius 1 is 1.60 bits per heavy atom. The van der Waals surface area contributed by atoms with E-state index in [1.807, 2.05) is 0 Å². The normalized spacial score (nSPS) is 12.7. The Labute approximate surface area is 87.6 Å². The highest BCUT2D eigenvalue weighted by Crippen LogP contribution is 1.96. The fourth-order valence-corrected chi connectivity index (χ4v) is 1.05. The number of nitrogens with one attached hydrogen (secondary N) is 2. The summed E-state index contributed by atoms with van der Waals surface area (Å²) in [7, 11) is 0. The predicted octanol–water partition coefficient (Wildman–Crippen LogP) is 0.517. The number of aromatic amines is 1. The van der Waals surface area contributed by atoms with Crippen molar-refractivity contribution in [2.75, 3.05) is 0 Å². The summed E-state index contributed by atoms with van der Waals surface area (Å²) in [6.45, 7) is 3.02. The van der Waals surface area contributed by atoms with Gasteiger partial charge in [-0.2, -0.15) is 5.10 Å². The van der Waals surface area contributed by atoms with E-state index in [1.165, 1.54) is 13.0 Å². The molecule has 2 N–H and O–H groups in total. The van der Waals surface area contributed by atoms with E-state index >= 15 is 0 Å². The van der Waals surface area contributed by atoms with Crippen molar-refractivity contribution in [3.8, 4) is 0 Å². The zero-order valence-electron chi connectivity index (χ0n) is 8.65. The van der Waals surface area contributed by atoms with Crippen molar-refractivity contribution in [1.29, 1.82) is 0 Å². The smallest absolute Gasteiger partial charge is 0.217 e. The second-order valence-electron chi connectivity index (χ2n) is 3.17. The van der Waals surface area contributed by atoms with E-state index in [0.717, 1.165) is 5.69 Å². The first-order valence-corrected chi connectivity index (χ1v) is 4.58. The van der Waals surface area contributed by atoms with Crippen LogP contribution in [0.25, 0.3) is 6.08 Å². The molecule has 5 heteroatoms. The van der Waals surface area contributed by atoms with Gasteiger partial charge in [0.25, 0.3) is 0 Å². The van der Waals surface area contributed by atoms with Crippen LogP contribution in [0.2, 0.25) is 0 Å². The SMILES string of the molecule is CC(=O)N[C@@H](C)C(=O)/C=C/c1ccn[nH]1. The number of H-pyrrole nitrogens is 1. The monoisotopic (exact) mass is 207 g/mol. The van der Waals surface area contributed by atoms with E-state index in [2.05, 4.69) is 15.5 Å². The van der Waals surface area contributed by atoms with Crippen molar-refractivity contribution >= 4 is 17.8 Å². The molecule has 0 fully saturated rings. The van der Waals surface area contributed by atoms with Crippen LogP contribution in [-0.2, 0) is 9.59 Å². The van der Waals surface area contributed by atoms with Crippen LogP contribution < -0.4 is 5.32 Å². The third kappa shape index (κ3) is 3.76. The molecule has 80 valence electrons. The number of nitrogens with zero attached hydrogens (tertiary/aromatic N) is 1. The van der Waals surface area contributed by atoms with Crippen LogP contribution in [0.15, 0.2) is 18.3 Å². The van der Waals surface area contributed by atoms with E-state index in [1.54, 1.807) is 25.3 Å². The third-order valence-corrected chi connectivity index (χ3v) is 1.80. The summed E-state index contributed by atoms with van der Waals surface area (Å²) in [6, 6.07) is 1.24. The van der Waals surface area contributed by atoms with Gasteiger partial charge in [-0.1, -0.05) is 0 Å². The van der Waals surface area contributed by atoms with Gasteiger partial charge < -0.3 is 5.32 Å². The minimum atomic E-state index is -0.498. The van der Waals surface area contributed by atoms with Crippen molar-refractivity contribution in [2.24, 2.45) is 0 Å². The molecule has 0 aliphatic rings. The summed E-state index contributed by atoms with van der Waals surface area (Å²) in [5.41, 5.74) is 0.748. The van der Waals surface area contributed by atoms with Crippen LogP contribution in [0.3, 0.4) is 0 Å². The van der Waals surface area contributed by atoms with Gasteiger partial charge in [0, 0.05) is 13.1 Å². The molecule has 1 amide bonds. The first-order valence-electron chi connectivity index (χ1n) is 4.58. The van der Waals surface area contributed by atoms with Gasteiger partial charge in [0.2, 0.25) is 5.91 Å². The van der Waals surface area contributed by atoms with Crippen molar-refractivity contribution in [2.45, 2.75) is 19.9 Å². The average molecular weight is 207 g/mol. The molecule has 0 bridgehead atoms. The van der Waals surface area contributed by atoms with Crippen molar-refractivity contribution in [1.82, 2.24) is 15.5 Å². The number of carbonyl (C=O) groups is 2. The Balaban J connectivity index is 2.51. The summed E-state index contributed by atoms with van der Waals surface area (Å²) in [6.07, 6.45) is 4.63. The van der Waals surface area contributed by atoms with E-state index in [9.17, 15) is 9.59 Å². The summed E-state index contributed by atoms with van der Waals surface area (Å²) >= 11 is 0. The number of aromatic nitrogens is 2. The largest absolute Gasteiger partial charge is 0.346 e. The molecular weight excluding hydrogens is 194 g/mol. The molecule has 5 nitrogen and oxygen atoms in total. The first-order chi connectivity index (χ1) is 7.09. The van der Waals surface area contributed by atoms with E-state index in [-0.39, 0.29) is 11.7 Å². The Hall–Kier alpha value is -1.91. The van der Waals surface area contributed by atoms with Crippen LogP contribution in [0, 0.1) is 0 Å². The quantitative estimate of drug-likeness (QED) is 0.707. The molecule has 0 aromatic carbocycles. The third-order valence-electron chi connectivity index (χ3n) is 1.80. The standard InChI is InChI=1S/C10H13N3O2/c1-7(12-8(2)14)10(15)4-3-9-5-6-11-13-9/h3-7H,1-2H3,(H,11,13)(H,12,14)/b4-3+/t7-/m0/s1. The summed E-state index contributed by atoms with van der Waals surface area (Å²) in [5.74, 6) is -0.370. The van der Waals surface area contributed by atoms with Gasteiger partial charge >= 0.3 is 0 Å². The van der Waals surface area contributed by atoms with Crippen molar-refractivity contribution in [3.63, 3.8) is 0 Å². The van der Waals surface area contributed by atoms with Crippen molar-refractivity contribution in [3.05, 3.63) is 24.0 Å². The Bertz CT molecular complexity index is 368. The van der Waals surface area contributed by atoms with Gasteiger partial charge in [-0.25, -0.2) is 0 Å². The maximum Gasteiger partial charge on any atom is 0.217 e. The maximum absolute atomic E-state index is 11.4. The van der Waals surface area contributed by atoms with E-state index in [4.69, 9.17) is 0 Å². The molecule has 0 aliphatic heterocycles. The highest BCUT2D eigenvalue weighted by Gasteiger charge is 2.09. The number of amides is 1. The van der Waals surface area contributed by atoms with Crippen LogP contribution in [-0.4, -0.2) is 27.9 Å². The number of ketones is 1. The van der Waals surface area contributed by atoms with Crippen LogP contribution in [0.5, 0.6) is 0 Å². The van der Waals surface area contributed by atoms with E-state index < -0.39 is 6.04 Å². The molecule has 1 atom stereocenters. The molecule has 1 rings (SSSR count). The molecule has 1 heterocycles. The van der Waals surface area contributed by atoms with Gasteiger partial charge in [-0.05, 0) is 25.1 Å². The molecule has 0 aliphatic carbocycles. The van der Waals surface area contributed by atoms with Gasteiger partial charge in [-0.15, -0.1) is 0 Å². The Kier molecular flexibility index (Phi) is 3.79. The minimum Gasteiger partial charge on any atom is -0.346 e. The fourth-order valence-electron chi connectivity index (χ4n) is 1.05. The van der Waals surface area contributed by atoms with Gasteiger partial charge in [0.05, 0.1) is 11.7 Å². The van der Waals surface area contributed by atoms with Crippen LogP contribution >= 0.6 is 0 Å². The second-order valence-corrected chi connectivity index (χ2v) is 3.17. The van der Waals surface area contributed by atoms with Crippen LogP contribution in [0.1, 0.15) is 19.5 Å². The minimum absolute atomic E-state index is 0.153. The topological polar surface area (TPSA) is 74.8 Å². The Morgan fingerprint density at radius 2 is 2.33 bits per heavy atom. The molecule has 15 heavy (non-hydrogen) atoms. The zero-order chi connectivity index (χ0) is 11.3. The molecule has 1 aromatic heterocycles. The highest BCUT2D eigenvalue weighted by atomic mass is 16.2. The molecule has 0 unspecified atom stereocenters. The Morgan fingerprint density at radius 3 is 2.87 bits per heavy atom. The van der Waals surface area contributed by atoms with Crippen molar-refractivity contribution < 1.29 is 9.59 Å². The summed E-state index contributed by atoms with van der Waals surface area (Å²) in [5, 5.41) is 8.94.